The van der Waals surface area contributed by atoms with Crippen LogP contribution in [-0.4, -0.2) is 58.1 Å². The van der Waals surface area contributed by atoms with Crippen molar-refractivity contribution in [3.63, 3.8) is 0 Å². The number of thioether (sulfide) groups is 1. The average Bonchev–Trinajstić information content (AvgIpc) is 2.58. The molecule has 0 radical (unpaired) electrons. The van der Waals surface area contributed by atoms with Crippen LogP contribution >= 0.6 is 11.8 Å². The van der Waals surface area contributed by atoms with Crippen LogP contribution in [0.2, 0.25) is 0 Å². The molecule has 0 unspecified atom stereocenters. The summed E-state index contributed by atoms with van der Waals surface area (Å²) in [5.74, 6) is 2.59. The van der Waals surface area contributed by atoms with Crippen molar-refractivity contribution < 1.29 is 9.90 Å². The number of aromatic nitrogens is 1. The highest BCUT2D eigenvalue weighted by Gasteiger charge is 2.36. The van der Waals surface area contributed by atoms with Gasteiger partial charge in [0.1, 0.15) is 5.82 Å². The largest absolute Gasteiger partial charge is 0.392 e. The van der Waals surface area contributed by atoms with E-state index in [1.165, 1.54) is 5.56 Å². The smallest absolute Gasteiger partial charge is 0.223 e. The lowest BCUT2D eigenvalue weighted by molar-refractivity contribution is -0.136. The summed E-state index contributed by atoms with van der Waals surface area (Å²) in [7, 11) is 0. The van der Waals surface area contributed by atoms with Gasteiger partial charge in [-0.1, -0.05) is 13.8 Å². The van der Waals surface area contributed by atoms with E-state index in [9.17, 15) is 9.90 Å². The van der Waals surface area contributed by atoms with E-state index in [4.69, 9.17) is 0 Å². The van der Waals surface area contributed by atoms with Crippen molar-refractivity contribution in [1.29, 1.82) is 0 Å². The minimum atomic E-state index is -0.219. The van der Waals surface area contributed by atoms with Gasteiger partial charge < -0.3 is 14.9 Å². The number of carbonyl (C=O) groups excluding carboxylic acids is 1. The Hall–Kier alpha value is -1.27. The van der Waals surface area contributed by atoms with E-state index >= 15 is 0 Å². The van der Waals surface area contributed by atoms with Gasteiger partial charge in [-0.25, -0.2) is 4.98 Å². The van der Waals surface area contributed by atoms with Crippen LogP contribution in [0.25, 0.3) is 0 Å². The summed E-state index contributed by atoms with van der Waals surface area (Å²) in [5.41, 5.74) is 1.86. The van der Waals surface area contributed by atoms with Crippen LogP contribution in [0.3, 0.4) is 0 Å². The first-order valence-corrected chi connectivity index (χ1v) is 10.8. The predicted molar refractivity (Wildman–Crippen MR) is 110 cm³/mol. The van der Waals surface area contributed by atoms with Gasteiger partial charge in [0.2, 0.25) is 5.91 Å². The molecule has 1 N–H and O–H groups in total. The second-order valence-electron chi connectivity index (χ2n) is 8.09. The molecule has 0 aromatic carbocycles. The Morgan fingerprint density at radius 3 is 2.65 bits per heavy atom. The number of nitrogens with zero attached hydrogens (tertiary/aromatic N) is 3. The van der Waals surface area contributed by atoms with Crippen LogP contribution in [0, 0.1) is 5.92 Å². The molecule has 2 heterocycles. The highest BCUT2D eigenvalue weighted by atomic mass is 32.2. The Balaban J connectivity index is 2.15. The monoisotopic (exact) mass is 379 g/mol. The third kappa shape index (κ3) is 5.13. The quantitative estimate of drug-likeness (QED) is 0.789. The molecule has 1 amide bonds. The molecule has 1 fully saturated rings. The first-order valence-electron chi connectivity index (χ1n) is 9.41. The van der Waals surface area contributed by atoms with Crippen molar-refractivity contribution in [2.24, 2.45) is 5.92 Å². The number of anilines is 1. The lowest BCUT2D eigenvalue weighted by Gasteiger charge is -2.47. The molecule has 1 saturated heterocycles. The van der Waals surface area contributed by atoms with Gasteiger partial charge in [0.25, 0.3) is 0 Å². The van der Waals surface area contributed by atoms with E-state index in [1.807, 2.05) is 11.2 Å². The number of aliphatic hydroxyl groups excluding tert-OH is 1. The van der Waals surface area contributed by atoms with Gasteiger partial charge in [-0.3, -0.25) is 4.79 Å². The summed E-state index contributed by atoms with van der Waals surface area (Å²) < 4.78 is 0. The molecular weight excluding hydrogens is 346 g/mol. The number of aliphatic hydroxyl groups is 1. The molecule has 1 aromatic rings. The standard InChI is InChI=1S/C20H33N3O2S/c1-15(2)10-16-11-18(21-12-17(16)13-24)22-7-8-23(20(3,4)14-22)19(25)6-9-26-5/h11-12,15,24H,6-10,13-14H2,1-5H3. The van der Waals surface area contributed by atoms with E-state index in [-0.39, 0.29) is 18.1 Å². The summed E-state index contributed by atoms with van der Waals surface area (Å²) in [6.07, 6.45) is 5.37. The molecule has 26 heavy (non-hydrogen) atoms. The Morgan fingerprint density at radius 2 is 2.08 bits per heavy atom. The predicted octanol–water partition coefficient (Wildman–Crippen LogP) is 2.95. The summed E-state index contributed by atoms with van der Waals surface area (Å²) in [5, 5.41) is 9.58. The number of hydrogen-bond acceptors (Lipinski definition) is 5. The number of carbonyl (C=O) groups is 1. The third-order valence-corrected chi connectivity index (χ3v) is 5.53. The number of rotatable bonds is 7. The minimum Gasteiger partial charge on any atom is -0.392 e. The molecule has 5 nitrogen and oxygen atoms in total. The average molecular weight is 380 g/mol. The van der Waals surface area contributed by atoms with Gasteiger partial charge in [-0.2, -0.15) is 11.8 Å². The number of amides is 1. The molecular formula is C20H33N3O2S. The molecule has 0 bridgehead atoms. The number of piperazine rings is 1. The molecule has 6 heteroatoms. The highest BCUT2D eigenvalue weighted by Crippen LogP contribution is 2.27. The van der Waals surface area contributed by atoms with Crippen molar-refractivity contribution >= 4 is 23.5 Å². The fourth-order valence-electron chi connectivity index (χ4n) is 3.59. The topological polar surface area (TPSA) is 56.7 Å². The van der Waals surface area contributed by atoms with Gasteiger partial charge in [0.05, 0.1) is 12.1 Å². The first kappa shape index (κ1) is 21.0. The van der Waals surface area contributed by atoms with Crippen molar-refractivity contribution in [2.45, 2.75) is 52.7 Å². The third-order valence-electron chi connectivity index (χ3n) is 4.91. The molecule has 2 rings (SSSR count). The molecule has 0 atom stereocenters. The van der Waals surface area contributed by atoms with E-state index in [1.54, 1.807) is 18.0 Å². The zero-order valence-electron chi connectivity index (χ0n) is 16.8. The second-order valence-corrected chi connectivity index (χ2v) is 9.08. The number of pyridine rings is 1. The van der Waals surface area contributed by atoms with Crippen LogP contribution in [0.4, 0.5) is 5.82 Å². The maximum atomic E-state index is 12.5. The fourth-order valence-corrected chi connectivity index (χ4v) is 3.97. The van der Waals surface area contributed by atoms with Crippen molar-refractivity contribution in [3.8, 4) is 0 Å². The normalized spacial score (nSPS) is 17.0. The molecule has 146 valence electrons. The Kier molecular flexibility index (Phi) is 7.35. The summed E-state index contributed by atoms with van der Waals surface area (Å²) in [4.78, 5) is 21.4. The Bertz CT molecular complexity index is 619. The summed E-state index contributed by atoms with van der Waals surface area (Å²) in [6.45, 7) is 10.9. The molecule has 0 saturated carbocycles. The van der Waals surface area contributed by atoms with Crippen molar-refractivity contribution in [3.05, 3.63) is 23.4 Å². The van der Waals surface area contributed by atoms with Crippen LogP contribution in [0.1, 0.15) is 45.2 Å². The molecule has 0 aliphatic carbocycles. The molecule has 1 aromatic heterocycles. The summed E-state index contributed by atoms with van der Waals surface area (Å²) in [6, 6.07) is 2.12. The van der Waals surface area contributed by atoms with Crippen LogP contribution in [0.15, 0.2) is 12.3 Å². The maximum Gasteiger partial charge on any atom is 0.223 e. The second kappa shape index (κ2) is 9.09. The number of hydrogen-bond donors (Lipinski definition) is 1. The van der Waals surface area contributed by atoms with E-state index in [0.717, 1.165) is 43.2 Å². The van der Waals surface area contributed by atoms with Gasteiger partial charge >= 0.3 is 0 Å². The highest BCUT2D eigenvalue weighted by molar-refractivity contribution is 7.98. The van der Waals surface area contributed by atoms with E-state index in [2.05, 4.69) is 43.6 Å². The van der Waals surface area contributed by atoms with Crippen LogP contribution in [0.5, 0.6) is 0 Å². The van der Waals surface area contributed by atoms with Gasteiger partial charge in [0, 0.05) is 38.0 Å². The zero-order valence-corrected chi connectivity index (χ0v) is 17.6. The van der Waals surface area contributed by atoms with E-state index < -0.39 is 0 Å². The summed E-state index contributed by atoms with van der Waals surface area (Å²) >= 11 is 1.71. The van der Waals surface area contributed by atoms with Gasteiger partial charge in [-0.15, -0.1) is 0 Å². The SMILES string of the molecule is CSCCC(=O)N1CCN(c2cc(CC(C)C)c(CO)cn2)CC1(C)C. The van der Waals surface area contributed by atoms with Crippen molar-refractivity contribution in [2.75, 3.05) is 36.5 Å². The fraction of sp³-hybridized carbons (Fsp3) is 0.700. The van der Waals surface area contributed by atoms with E-state index in [0.29, 0.717) is 12.3 Å². The van der Waals surface area contributed by atoms with Gasteiger partial charge in [0.15, 0.2) is 0 Å². The lowest BCUT2D eigenvalue weighted by Crippen LogP contribution is -2.61. The molecule has 0 spiro atoms. The Labute approximate surface area is 162 Å². The van der Waals surface area contributed by atoms with Gasteiger partial charge in [-0.05, 0) is 49.6 Å². The molecule has 1 aliphatic rings. The molecule has 1 aliphatic heterocycles. The lowest BCUT2D eigenvalue weighted by atomic mass is 9.97. The zero-order chi connectivity index (χ0) is 19.3. The van der Waals surface area contributed by atoms with Crippen LogP contribution in [-0.2, 0) is 17.8 Å². The van der Waals surface area contributed by atoms with Crippen molar-refractivity contribution in [1.82, 2.24) is 9.88 Å². The first-order chi connectivity index (χ1) is 12.3. The Morgan fingerprint density at radius 1 is 1.35 bits per heavy atom. The maximum absolute atomic E-state index is 12.5. The minimum absolute atomic E-state index is 0.0263. The van der Waals surface area contributed by atoms with Crippen LogP contribution < -0.4 is 4.90 Å².